The van der Waals surface area contributed by atoms with E-state index in [1.165, 1.54) is 12.8 Å². The van der Waals surface area contributed by atoms with E-state index in [-0.39, 0.29) is 5.91 Å². The van der Waals surface area contributed by atoms with Gasteiger partial charge in [-0.15, -0.1) is 5.10 Å². The Kier molecular flexibility index (Phi) is 2.84. The Bertz CT molecular complexity index is 750. The van der Waals surface area contributed by atoms with Gasteiger partial charge in [0.1, 0.15) is 0 Å². The molecule has 2 bridgehead atoms. The molecule has 5 rings (SSSR count). The van der Waals surface area contributed by atoms with E-state index < -0.39 is 0 Å². The Morgan fingerprint density at radius 2 is 1.91 bits per heavy atom. The summed E-state index contributed by atoms with van der Waals surface area (Å²) >= 11 is 0. The van der Waals surface area contributed by atoms with Gasteiger partial charge in [-0.05, 0) is 50.2 Å². The number of likely N-dealkylation sites (tertiary alicyclic amines) is 1. The SMILES string of the molecule is O=C(c1nnn(-c2ccccc2)c1C1CC1)N1C[C@H]2CC[C@H]1C2. The van der Waals surface area contributed by atoms with Crippen LogP contribution in [0.4, 0.5) is 0 Å². The fourth-order valence-electron chi connectivity index (χ4n) is 4.23. The van der Waals surface area contributed by atoms with Gasteiger partial charge in [0.2, 0.25) is 0 Å². The molecule has 0 radical (unpaired) electrons. The Hall–Kier alpha value is -2.17. The normalized spacial score (nSPS) is 26.0. The number of fused-ring (bicyclic) bond motifs is 2. The van der Waals surface area contributed by atoms with Crippen LogP contribution in [-0.2, 0) is 0 Å². The third kappa shape index (κ3) is 2.10. The van der Waals surface area contributed by atoms with Crippen LogP contribution in [0.2, 0.25) is 0 Å². The maximum atomic E-state index is 13.0. The van der Waals surface area contributed by atoms with Gasteiger partial charge in [0.15, 0.2) is 5.69 Å². The molecular formula is C18H20N4O. The first-order chi connectivity index (χ1) is 11.3. The molecule has 23 heavy (non-hydrogen) atoms. The highest BCUT2D eigenvalue weighted by molar-refractivity contribution is 5.94. The molecule has 2 saturated carbocycles. The van der Waals surface area contributed by atoms with E-state index in [2.05, 4.69) is 15.2 Å². The van der Waals surface area contributed by atoms with Crippen molar-refractivity contribution in [2.45, 2.75) is 44.1 Å². The van der Waals surface area contributed by atoms with E-state index in [4.69, 9.17) is 0 Å². The molecule has 1 aromatic carbocycles. The van der Waals surface area contributed by atoms with Crippen LogP contribution < -0.4 is 0 Å². The molecule has 3 fully saturated rings. The number of carbonyl (C=O) groups excluding carboxylic acids is 1. The zero-order chi connectivity index (χ0) is 15.4. The highest BCUT2D eigenvalue weighted by atomic mass is 16.2. The fraction of sp³-hybridized carbons (Fsp3) is 0.500. The molecule has 2 atom stereocenters. The summed E-state index contributed by atoms with van der Waals surface area (Å²) in [4.78, 5) is 15.1. The highest BCUT2D eigenvalue weighted by Crippen LogP contribution is 2.43. The number of hydrogen-bond acceptors (Lipinski definition) is 3. The molecule has 118 valence electrons. The molecule has 2 aromatic rings. The number of rotatable bonds is 3. The predicted octanol–water partition coefficient (Wildman–Crippen LogP) is 2.77. The van der Waals surface area contributed by atoms with Gasteiger partial charge in [-0.2, -0.15) is 0 Å². The molecule has 1 aliphatic heterocycles. The largest absolute Gasteiger partial charge is 0.334 e. The van der Waals surface area contributed by atoms with Gasteiger partial charge in [0.05, 0.1) is 11.4 Å². The van der Waals surface area contributed by atoms with E-state index in [1.54, 1.807) is 0 Å². The van der Waals surface area contributed by atoms with Crippen LogP contribution >= 0.6 is 0 Å². The Morgan fingerprint density at radius 1 is 1.09 bits per heavy atom. The minimum Gasteiger partial charge on any atom is -0.334 e. The fourth-order valence-corrected chi connectivity index (χ4v) is 4.23. The maximum absolute atomic E-state index is 13.0. The van der Waals surface area contributed by atoms with E-state index >= 15 is 0 Å². The van der Waals surface area contributed by atoms with Crippen LogP contribution in [0, 0.1) is 5.92 Å². The van der Waals surface area contributed by atoms with E-state index in [0.717, 1.165) is 37.2 Å². The summed E-state index contributed by atoms with van der Waals surface area (Å²) in [6.45, 7) is 0.909. The minimum atomic E-state index is 0.0984. The summed E-state index contributed by atoms with van der Waals surface area (Å²) < 4.78 is 1.87. The number of para-hydroxylation sites is 1. The molecule has 2 heterocycles. The van der Waals surface area contributed by atoms with Crippen LogP contribution in [0.25, 0.3) is 5.69 Å². The van der Waals surface area contributed by atoms with Crippen LogP contribution in [0.5, 0.6) is 0 Å². The second kappa shape index (κ2) is 4.91. The number of aromatic nitrogens is 3. The van der Waals surface area contributed by atoms with Crippen molar-refractivity contribution in [1.29, 1.82) is 0 Å². The highest BCUT2D eigenvalue weighted by Gasteiger charge is 2.43. The second-order valence-corrected chi connectivity index (χ2v) is 7.14. The number of hydrogen-bond donors (Lipinski definition) is 0. The van der Waals surface area contributed by atoms with Gasteiger partial charge in [0.25, 0.3) is 5.91 Å². The van der Waals surface area contributed by atoms with Crippen molar-refractivity contribution in [3.8, 4) is 5.69 Å². The lowest BCUT2D eigenvalue weighted by Crippen LogP contribution is -2.38. The number of piperidine rings is 1. The average Bonchev–Trinajstić information content (AvgIpc) is 3.02. The summed E-state index contributed by atoms with van der Waals surface area (Å²) in [7, 11) is 0. The number of carbonyl (C=O) groups is 1. The average molecular weight is 308 g/mol. The molecule has 5 heteroatoms. The topological polar surface area (TPSA) is 51.0 Å². The van der Waals surface area contributed by atoms with Crippen LogP contribution in [0.1, 0.15) is 54.2 Å². The lowest BCUT2D eigenvalue weighted by Gasteiger charge is -2.26. The molecule has 3 aliphatic rings. The Balaban J connectivity index is 1.53. The van der Waals surface area contributed by atoms with Crippen molar-refractivity contribution < 1.29 is 4.79 Å². The zero-order valence-electron chi connectivity index (χ0n) is 13.1. The van der Waals surface area contributed by atoms with Crippen LogP contribution in [-0.4, -0.2) is 38.4 Å². The Labute approximate surface area is 135 Å². The third-order valence-electron chi connectivity index (χ3n) is 5.54. The molecule has 1 saturated heterocycles. The van der Waals surface area contributed by atoms with Crippen LogP contribution in [0.15, 0.2) is 30.3 Å². The van der Waals surface area contributed by atoms with E-state index in [9.17, 15) is 4.79 Å². The van der Waals surface area contributed by atoms with Gasteiger partial charge in [-0.3, -0.25) is 4.79 Å². The molecule has 1 amide bonds. The van der Waals surface area contributed by atoms with Crippen molar-refractivity contribution in [3.63, 3.8) is 0 Å². The monoisotopic (exact) mass is 308 g/mol. The van der Waals surface area contributed by atoms with E-state index in [0.29, 0.717) is 23.6 Å². The first-order valence-electron chi connectivity index (χ1n) is 8.63. The van der Waals surface area contributed by atoms with Crippen molar-refractivity contribution in [2.24, 2.45) is 5.92 Å². The lowest BCUT2D eigenvalue weighted by atomic mass is 10.1. The summed E-state index contributed by atoms with van der Waals surface area (Å²) in [6.07, 6.45) is 5.87. The van der Waals surface area contributed by atoms with Gasteiger partial charge in [-0.1, -0.05) is 23.4 Å². The molecule has 0 spiro atoms. The van der Waals surface area contributed by atoms with Gasteiger partial charge in [0, 0.05) is 18.5 Å². The van der Waals surface area contributed by atoms with Crippen molar-refractivity contribution in [1.82, 2.24) is 19.9 Å². The molecule has 0 N–H and O–H groups in total. The first kappa shape index (κ1) is 13.3. The predicted molar refractivity (Wildman–Crippen MR) is 85.5 cm³/mol. The molecule has 2 aliphatic carbocycles. The van der Waals surface area contributed by atoms with Crippen molar-refractivity contribution >= 4 is 5.91 Å². The first-order valence-corrected chi connectivity index (χ1v) is 8.63. The van der Waals surface area contributed by atoms with Crippen LogP contribution in [0.3, 0.4) is 0 Å². The summed E-state index contributed by atoms with van der Waals surface area (Å²) in [6, 6.07) is 10.5. The summed E-state index contributed by atoms with van der Waals surface area (Å²) in [5, 5.41) is 8.62. The number of nitrogens with zero attached hydrogens (tertiary/aromatic N) is 4. The maximum Gasteiger partial charge on any atom is 0.276 e. The quantitative estimate of drug-likeness (QED) is 0.876. The molecule has 5 nitrogen and oxygen atoms in total. The standard InChI is InChI=1S/C18H20N4O/c23-18(21-11-12-6-9-15(21)10-12)16-17(13-7-8-13)22(20-19-16)14-4-2-1-3-5-14/h1-5,12-13,15H,6-11H2/t12-,15-/m0/s1. The second-order valence-electron chi connectivity index (χ2n) is 7.14. The zero-order valence-corrected chi connectivity index (χ0v) is 13.1. The lowest BCUT2D eigenvalue weighted by molar-refractivity contribution is 0.0696. The summed E-state index contributed by atoms with van der Waals surface area (Å²) in [5.74, 6) is 1.24. The van der Waals surface area contributed by atoms with Crippen molar-refractivity contribution in [3.05, 3.63) is 41.7 Å². The molecule has 1 aromatic heterocycles. The van der Waals surface area contributed by atoms with Gasteiger partial charge < -0.3 is 4.90 Å². The number of amides is 1. The Morgan fingerprint density at radius 3 is 2.57 bits per heavy atom. The van der Waals surface area contributed by atoms with E-state index in [1.807, 2.05) is 35.0 Å². The molecular weight excluding hydrogens is 288 g/mol. The number of benzene rings is 1. The van der Waals surface area contributed by atoms with Gasteiger partial charge >= 0.3 is 0 Å². The summed E-state index contributed by atoms with van der Waals surface area (Å²) in [5.41, 5.74) is 2.59. The van der Waals surface area contributed by atoms with Gasteiger partial charge in [-0.25, -0.2) is 4.68 Å². The smallest absolute Gasteiger partial charge is 0.276 e. The molecule has 0 unspecified atom stereocenters. The minimum absolute atomic E-state index is 0.0984. The third-order valence-corrected chi connectivity index (χ3v) is 5.54. The van der Waals surface area contributed by atoms with Crippen molar-refractivity contribution in [2.75, 3.05) is 6.54 Å².